The number of alkyl halides is 1. The van der Waals surface area contributed by atoms with Crippen molar-refractivity contribution >= 4 is 74.1 Å². The molecule has 0 saturated heterocycles. The number of hydrogen-bond acceptors (Lipinski definition) is 4. The maximum Gasteiger partial charge on any atom is 0.108 e. The number of ether oxygens (including phenoxy) is 2. The number of thioether (sulfide) groups is 1. The Bertz CT molecular complexity index is 1180. The molecule has 218 valence electrons. The van der Waals surface area contributed by atoms with Crippen LogP contribution in [0.1, 0.15) is 34.5 Å². The Morgan fingerprint density at radius 1 is 0.537 bits per heavy atom. The molecule has 0 radical (unpaired) electrons. The average molecular weight is 717 g/mol. The van der Waals surface area contributed by atoms with Gasteiger partial charge in [0.1, 0.15) is 12.2 Å². The number of rotatable bonds is 13. The van der Waals surface area contributed by atoms with Crippen molar-refractivity contribution in [3.63, 3.8) is 0 Å². The topological polar surface area (TPSA) is 38.7 Å². The highest BCUT2D eigenvalue weighted by Crippen LogP contribution is 2.29. The lowest BCUT2D eigenvalue weighted by Gasteiger charge is -2.19. The number of benzene rings is 4. The molecule has 4 aromatic rings. The van der Waals surface area contributed by atoms with Crippen LogP contribution in [0.4, 0.5) is 0 Å². The van der Waals surface area contributed by atoms with Crippen LogP contribution < -0.4 is 0 Å². The number of aliphatic hydroxyl groups is 1. The summed E-state index contributed by atoms with van der Waals surface area (Å²) < 4.78 is 12.0. The van der Waals surface area contributed by atoms with Gasteiger partial charge in [0.05, 0.1) is 19.8 Å². The van der Waals surface area contributed by atoms with Crippen LogP contribution in [-0.2, 0) is 9.47 Å². The second-order valence-electron chi connectivity index (χ2n) is 8.73. The predicted molar refractivity (Wildman–Crippen MR) is 180 cm³/mol. The van der Waals surface area contributed by atoms with Crippen molar-refractivity contribution in [3.05, 3.63) is 139 Å². The van der Waals surface area contributed by atoms with Crippen LogP contribution in [0.3, 0.4) is 0 Å². The molecular weight excluding hydrogens is 686 g/mol. The van der Waals surface area contributed by atoms with Crippen molar-refractivity contribution in [1.29, 1.82) is 0 Å². The molecule has 0 saturated carbocycles. The van der Waals surface area contributed by atoms with Gasteiger partial charge < -0.3 is 14.6 Å². The molecule has 41 heavy (non-hydrogen) atoms. The van der Waals surface area contributed by atoms with Crippen LogP contribution in [0.15, 0.2) is 97.1 Å². The summed E-state index contributed by atoms with van der Waals surface area (Å²) in [4.78, 5) is 0. The number of hydrogen-bond donors (Lipinski definition) is 1. The molecular formula is C32H31BrCl4O3S. The van der Waals surface area contributed by atoms with E-state index >= 15 is 0 Å². The molecule has 0 atom stereocenters. The third kappa shape index (κ3) is 12.1. The first-order valence-electron chi connectivity index (χ1n) is 12.9. The van der Waals surface area contributed by atoms with Crippen molar-refractivity contribution in [3.8, 4) is 0 Å². The molecule has 1 N–H and O–H groups in total. The first kappa shape index (κ1) is 34.2. The van der Waals surface area contributed by atoms with Gasteiger partial charge in [-0.1, -0.05) is 111 Å². The molecule has 4 aromatic carbocycles. The van der Waals surface area contributed by atoms with Crippen molar-refractivity contribution < 1.29 is 14.6 Å². The summed E-state index contributed by atoms with van der Waals surface area (Å²) in [5.41, 5.74) is 4.26. The SMILES string of the molecule is Clc1ccc(C(OCCBr)c2ccc(Cl)cc2)cc1.OCCSCCOC(c1ccc(Cl)cc1)c1ccc(Cl)cc1. The first-order valence-corrected chi connectivity index (χ1v) is 16.7. The number of halogens is 5. The minimum atomic E-state index is -0.149. The molecule has 4 rings (SSSR count). The lowest BCUT2D eigenvalue weighted by molar-refractivity contribution is 0.0935. The fourth-order valence-electron chi connectivity index (χ4n) is 3.87. The quantitative estimate of drug-likeness (QED) is 0.110. The average Bonchev–Trinajstić information content (AvgIpc) is 2.98. The summed E-state index contributed by atoms with van der Waals surface area (Å²) in [5.74, 6) is 1.58. The second-order valence-corrected chi connectivity index (χ2v) is 12.5. The van der Waals surface area contributed by atoms with Gasteiger partial charge in [0, 0.05) is 36.9 Å². The van der Waals surface area contributed by atoms with Crippen molar-refractivity contribution in [2.24, 2.45) is 0 Å². The predicted octanol–water partition coefficient (Wildman–Crippen LogP) is 10.3. The third-order valence-corrected chi connectivity index (χ3v) is 8.06. The lowest BCUT2D eigenvalue weighted by Crippen LogP contribution is -2.09. The highest BCUT2D eigenvalue weighted by atomic mass is 79.9. The molecule has 0 spiro atoms. The highest BCUT2D eigenvalue weighted by molar-refractivity contribution is 9.09. The zero-order valence-electron chi connectivity index (χ0n) is 22.2. The molecule has 0 fully saturated rings. The van der Waals surface area contributed by atoms with Gasteiger partial charge in [0.25, 0.3) is 0 Å². The molecule has 0 heterocycles. The van der Waals surface area contributed by atoms with Gasteiger partial charge in [-0.2, -0.15) is 11.8 Å². The minimum absolute atomic E-state index is 0.105. The summed E-state index contributed by atoms with van der Waals surface area (Å²) in [7, 11) is 0. The van der Waals surface area contributed by atoms with E-state index in [4.69, 9.17) is 61.0 Å². The number of aliphatic hydroxyl groups excluding tert-OH is 1. The van der Waals surface area contributed by atoms with Crippen LogP contribution in [0.5, 0.6) is 0 Å². The van der Waals surface area contributed by atoms with E-state index in [1.54, 1.807) is 11.8 Å². The largest absolute Gasteiger partial charge is 0.396 e. The van der Waals surface area contributed by atoms with Gasteiger partial charge in [0.2, 0.25) is 0 Å². The Hall–Kier alpha value is -1.25. The zero-order chi connectivity index (χ0) is 29.5. The molecule has 9 heteroatoms. The van der Waals surface area contributed by atoms with Crippen molar-refractivity contribution in [2.75, 3.05) is 36.7 Å². The summed E-state index contributed by atoms with van der Waals surface area (Å²) in [6.07, 6.45) is -0.253. The summed E-state index contributed by atoms with van der Waals surface area (Å²) >= 11 is 28.8. The molecule has 0 aromatic heterocycles. The van der Waals surface area contributed by atoms with Crippen LogP contribution in [-0.4, -0.2) is 41.8 Å². The second kappa shape index (κ2) is 19.1. The van der Waals surface area contributed by atoms with Gasteiger partial charge in [-0.25, -0.2) is 0 Å². The smallest absolute Gasteiger partial charge is 0.108 e. The molecule has 0 aliphatic carbocycles. The van der Waals surface area contributed by atoms with Crippen molar-refractivity contribution in [2.45, 2.75) is 12.2 Å². The van der Waals surface area contributed by atoms with Crippen LogP contribution >= 0.6 is 74.1 Å². The molecule has 0 amide bonds. The molecule has 0 aliphatic heterocycles. The normalized spacial score (nSPS) is 11.0. The van der Waals surface area contributed by atoms with Gasteiger partial charge in [-0.3, -0.25) is 0 Å². The van der Waals surface area contributed by atoms with E-state index in [1.165, 1.54) is 0 Å². The van der Waals surface area contributed by atoms with Crippen LogP contribution in [0.2, 0.25) is 20.1 Å². The minimum Gasteiger partial charge on any atom is -0.396 e. The van der Waals surface area contributed by atoms with Crippen LogP contribution in [0.25, 0.3) is 0 Å². The van der Waals surface area contributed by atoms with Gasteiger partial charge in [-0.15, -0.1) is 0 Å². The highest BCUT2D eigenvalue weighted by Gasteiger charge is 2.16. The standard InChI is InChI=1S/C17H18Cl2O2S.C15H13BrCl2O/c18-15-5-1-13(2-6-15)17(21-10-12-22-11-9-20)14-3-7-16(19)8-4-14;16-9-10-19-15(11-1-5-13(17)6-2-11)12-3-7-14(18)8-4-12/h1-8,17,20H,9-12H2;1-8,15H,9-10H2. The van der Waals surface area contributed by atoms with E-state index in [-0.39, 0.29) is 18.8 Å². The molecule has 0 unspecified atom stereocenters. The Kier molecular flexibility index (Phi) is 16.0. The molecule has 0 bridgehead atoms. The Labute approximate surface area is 275 Å². The van der Waals surface area contributed by atoms with Gasteiger partial charge >= 0.3 is 0 Å². The van der Waals surface area contributed by atoms with Crippen LogP contribution in [0, 0.1) is 0 Å². The fraction of sp³-hybridized carbons (Fsp3) is 0.250. The summed E-state index contributed by atoms with van der Waals surface area (Å²) in [6.45, 7) is 1.44. The maximum absolute atomic E-state index is 8.80. The molecule has 3 nitrogen and oxygen atoms in total. The van der Waals surface area contributed by atoms with E-state index in [0.29, 0.717) is 23.3 Å². The van der Waals surface area contributed by atoms with E-state index < -0.39 is 0 Å². The van der Waals surface area contributed by atoms with E-state index in [1.807, 2.05) is 97.1 Å². The Balaban J connectivity index is 0.000000228. The van der Waals surface area contributed by atoms with Gasteiger partial charge in [-0.05, 0) is 70.8 Å². The van der Waals surface area contributed by atoms with E-state index in [0.717, 1.165) is 49.1 Å². The lowest BCUT2D eigenvalue weighted by atomic mass is 10.0. The van der Waals surface area contributed by atoms with E-state index in [9.17, 15) is 0 Å². The monoisotopic (exact) mass is 714 g/mol. The van der Waals surface area contributed by atoms with Gasteiger partial charge in [0.15, 0.2) is 0 Å². The first-order chi connectivity index (χ1) is 19.9. The van der Waals surface area contributed by atoms with E-state index in [2.05, 4.69) is 15.9 Å². The maximum atomic E-state index is 8.80. The molecule has 0 aliphatic rings. The Morgan fingerprint density at radius 3 is 1.15 bits per heavy atom. The van der Waals surface area contributed by atoms with Crippen molar-refractivity contribution in [1.82, 2.24) is 0 Å². The third-order valence-electron chi connectivity index (χ3n) is 5.80. The Morgan fingerprint density at radius 2 is 0.854 bits per heavy atom. The fourth-order valence-corrected chi connectivity index (χ4v) is 5.11. The zero-order valence-corrected chi connectivity index (χ0v) is 27.6. The summed E-state index contributed by atoms with van der Waals surface area (Å²) in [6, 6.07) is 30.8. The summed E-state index contributed by atoms with van der Waals surface area (Å²) in [5, 5.41) is 12.4.